The summed E-state index contributed by atoms with van der Waals surface area (Å²) in [6.45, 7) is 5.04. The third kappa shape index (κ3) is 4.81. The van der Waals surface area contributed by atoms with Gasteiger partial charge in [-0.15, -0.1) is 0 Å². The van der Waals surface area contributed by atoms with Crippen LogP contribution in [-0.2, 0) is 5.41 Å². The van der Waals surface area contributed by atoms with Crippen LogP contribution < -0.4 is 9.64 Å². The van der Waals surface area contributed by atoms with Crippen LogP contribution in [-0.4, -0.2) is 12.6 Å². The molecule has 2 unspecified atom stereocenters. The molecule has 1 aliphatic carbocycles. The summed E-state index contributed by atoms with van der Waals surface area (Å²) in [4.78, 5) is 2.65. The van der Waals surface area contributed by atoms with Gasteiger partial charge in [0.2, 0.25) is 0 Å². The summed E-state index contributed by atoms with van der Waals surface area (Å²) in [5.74, 6) is 0.895. The van der Waals surface area contributed by atoms with Crippen molar-refractivity contribution in [1.82, 2.24) is 0 Å². The molecule has 2 atom stereocenters. The third-order valence-electron chi connectivity index (χ3n) is 14.7. The van der Waals surface area contributed by atoms with Crippen molar-refractivity contribution in [2.24, 2.45) is 0 Å². The zero-order valence-corrected chi connectivity index (χ0v) is 33.8. The molecule has 0 bridgehead atoms. The van der Waals surface area contributed by atoms with E-state index in [0.29, 0.717) is 0 Å². The van der Waals surface area contributed by atoms with Crippen molar-refractivity contribution in [1.29, 1.82) is 0 Å². The molecule has 0 spiro atoms. The number of nitrogens with zero attached hydrogens (tertiary/aromatic N) is 1. The van der Waals surface area contributed by atoms with Crippen LogP contribution >= 0.6 is 0 Å². The van der Waals surface area contributed by atoms with Gasteiger partial charge in [0.05, 0.1) is 12.6 Å². The molecule has 1 saturated carbocycles. The predicted molar refractivity (Wildman–Crippen MR) is 251 cm³/mol. The van der Waals surface area contributed by atoms with E-state index in [0.717, 1.165) is 18.6 Å². The summed E-state index contributed by atoms with van der Waals surface area (Å²) >= 11 is 0. The molecule has 1 heterocycles. The molecule has 59 heavy (non-hydrogen) atoms. The summed E-state index contributed by atoms with van der Waals surface area (Å²) in [7, 11) is 1.77. The Balaban J connectivity index is 1.16. The lowest BCUT2D eigenvalue weighted by Gasteiger charge is -2.50. The molecule has 10 aromatic rings. The molecule has 2 nitrogen and oxygen atoms in total. The van der Waals surface area contributed by atoms with Crippen LogP contribution in [0.25, 0.3) is 87.2 Å². The van der Waals surface area contributed by atoms with Crippen LogP contribution in [0.4, 0.5) is 11.4 Å². The number of fused-ring (bicyclic) bond motifs is 5. The van der Waals surface area contributed by atoms with Crippen molar-refractivity contribution in [3.63, 3.8) is 0 Å². The van der Waals surface area contributed by atoms with E-state index in [1.165, 1.54) is 117 Å². The fourth-order valence-electron chi connectivity index (χ4n) is 11.6. The second kappa shape index (κ2) is 12.7. The van der Waals surface area contributed by atoms with Gasteiger partial charge in [0.25, 0.3) is 0 Å². The molecule has 0 radical (unpaired) electrons. The first-order valence-electron chi connectivity index (χ1n) is 21.3. The maximum absolute atomic E-state index is 5.76. The molecule has 0 amide bonds. The van der Waals surface area contributed by atoms with Crippen LogP contribution in [0.15, 0.2) is 170 Å². The smallest absolute Gasteiger partial charge is 0.120 e. The van der Waals surface area contributed by atoms with E-state index in [4.69, 9.17) is 4.74 Å². The quantitative estimate of drug-likeness (QED) is 0.162. The SMILES string of the molecule is COc1cccc(N2c3ccc(-c4cc(-c5cccc6ccccc56)c5ccc6ccc(-c7cccc8ccccc78)c7ccc4c5c67)cc3C3(C)CCCCC23C)c1. The standard InChI is InChI=1S/C57H45NO/c1-56-31-8-9-32-57(56,2)58(40-17-12-18-41(34-40)59-3)53-30-25-39(33-52(53)56)50-35-51(45-22-11-16-37-14-5-7-20-43(37)45)49-27-24-38-23-26-46(47-28-29-48(50)55(49)54(38)47)44-21-10-15-36-13-4-6-19-42(36)44/h4-7,10-30,33-35H,8-9,31-32H2,1-3H3. The van der Waals surface area contributed by atoms with E-state index in [-0.39, 0.29) is 11.0 Å². The van der Waals surface area contributed by atoms with Gasteiger partial charge in [-0.1, -0.05) is 153 Å². The highest BCUT2D eigenvalue weighted by atomic mass is 16.5. The summed E-state index contributed by atoms with van der Waals surface area (Å²) in [6, 6.07) is 63.9. The third-order valence-corrected chi connectivity index (χ3v) is 14.7. The topological polar surface area (TPSA) is 12.5 Å². The van der Waals surface area contributed by atoms with Gasteiger partial charge in [-0.2, -0.15) is 0 Å². The second-order valence-electron chi connectivity index (χ2n) is 17.5. The summed E-state index contributed by atoms with van der Waals surface area (Å²) < 4.78 is 5.76. The van der Waals surface area contributed by atoms with Crippen molar-refractivity contribution in [2.75, 3.05) is 12.0 Å². The normalized spacial score (nSPS) is 18.9. The fraction of sp³-hybridized carbons (Fsp3) is 0.158. The lowest BCUT2D eigenvalue weighted by atomic mass is 9.61. The predicted octanol–water partition coefficient (Wildman–Crippen LogP) is 15.6. The average molecular weight is 760 g/mol. The van der Waals surface area contributed by atoms with E-state index in [2.05, 4.69) is 189 Å². The van der Waals surface area contributed by atoms with E-state index in [1.54, 1.807) is 7.11 Å². The average Bonchev–Trinajstić information content (AvgIpc) is 3.50. The van der Waals surface area contributed by atoms with Gasteiger partial charge in [-0.3, -0.25) is 0 Å². The number of anilines is 2. The maximum atomic E-state index is 5.76. The van der Waals surface area contributed by atoms with E-state index in [9.17, 15) is 0 Å². The molecule has 1 fully saturated rings. The van der Waals surface area contributed by atoms with Crippen LogP contribution in [0.2, 0.25) is 0 Å². The van der Waals surface area contributed by atoms with Crippen LogP contribution in [0.3, 0.4) is 0 Å². The Labute approximate surface area is 345 Å². The number of rotatable bonds is 5. The first-order valence-corrected chi connectivity index (χ1v) is 21.3. The van der Waals surface area contributed by atoms with Gasteiger partial charge < -0.3 is 9.64 Å². The Morgan fingerprint density at radius 3 is 1.83 bits per heavy atom. The Hall–Kier alpha value is -6.64. The minimum Gasteiger partial charge on any atom is -0.497 e. The van der Waals surface area contributed by atoms with Crippen molar-refractivity contribution >= 4 is 65.2 Å². The van der Waals surface area contributed by atoms with Crippen LogP contribution in [0, 0.1) is 0 Å². The van der Waals surface area contributed by atoms with Gasteiger partial charge in [0.15, 0.2) is 0 Å². The molecular weight excluding hydrogens is 715 g/mol. The minimum absolute atomic E-state index is 0.0186. The Morgan fingerprint density at radius 2 is 1.07 bits per heavy atom. The fourth-order valence-corrected chi connectivity index (χ4v) is 11.6. The van der Waals surface area contributed by atoms with Crippen molar-refractivity contribution in [3.05, 3.63) is 175 Å². The molecule has 0 N–H and O–H groups in total. The number of hydrogen-bond acceptors (Lipinski definition) is 2. The highest BCUT2D eigenvalue weighted by molar-refractivity contribution is 6.31. The van der Waals surface area contributed by atoms with E-state index in [1.807, 2.05) is 0 Å². The molecule has 284 valence electrons. The van der Waals surface area contributed by atoms with Gasteiger partial charge in [-0.05, 0) is 143 Å². The van der Waals surface area contributed by atoms with E-state index >= 15 is 0 Å². The van der Waals surface area contributed by atoms with E-state index < -0.39 is 0 Å². The monoisotopic (exact) mass is 759 g/mol. The minimum atomic E-state index is -0.0621. The van der Waals surface area contributed by atoms with Crippen LogP contribution in [0.1, 0.15) is 45.1 Å². The molecule has 1 aliphatic heterocycles. The summed E-state index contributed by atoms with van der Waals surface area (Å²) in [5, 5.41) is 12.9. The summed E-state index contributed by atoms with van der Waals surface area (Å²) in [5.41, 5.74) is 11.6. The zero-order chi connectivity index (χ0) is 39.5. The van der Waals surface area contributed by atoms with Gasteiger partial charge in [0, 0.05) is 22.9 Å². The Morgan fingerprint density at radius 1 is 0.458 bits per heavy atom. The Bertz CT molecular complexity index is 3310. The lowest BCUT2D eigenvalue weighted by molar-refractivity contribution is 0.195. The largest absolute Gasteiger partial charge is 0.497 e. The Kier molecular flexibility index (Phi) is 7.39. The highest BCUT2D eigenvalue weighted by Gasteiger charge is 2.57. The van der Waals surface area contributed by atoms with Crippen molar-refractivity contribution in [3.8, 4) is 39.1 Å². The molecule has 12 rings (SSSR count). The lowest BCUT2D eigenvalue weighted by Crippen LogP contribution is -2.54. The second-order valence-corrected chi connectivity index (χ2v) is 17.5. The first-order chi connectivity index (χ1) is 28.9. The molecule has 0 saturated heterocycles. The van der Waals surface area contributed by atoms with Gasteiger partial charge in [0.1, 0.15) is 5.75 Å². The van der Waals surface area contributed by atoms with Crippen molar-refractivity contribution in [2.45, 2.75) is 50.5 Å². The van der Waals surface area contributed by atoms with Crippen molar-refractivity contribution < 1.29 is 4.74 Å². The zero-order valence-electron chi connectivity index (χ0n) is 33.8. The number of methoxy groups -OCH3 is 1. The molecular formula is C57H45NO. The molecule has 2 heteroatoms. The number of benzene rings is 10. The number of hydrogen-bond donors (Lipinski definition) is 0. The van der Waals surface area contributed by atoms with Crippen LogP contribution in [0.5, 0.6) is 5.75 Å². The van der Waals surface area contributed by atoms with Gasteiger partial charge >= 0.3 is 0 Å². The maximum Gasteiger partial charge on any atom is 0.120 e. The first kappa shape index (κ1) is 34.4. The highest BCUT2D eigenvalue weighted by Crippen LogP contribution is 2.61. The molecule has 10 aromatic carbocycles. The molecule has 0 aromatic heterocycles. The number of ether oxygens (including phenoxy) is 1. The molecule has 2 aliphatic rings. The van der Waals surface area contributed by atoms with Gasteiger partial charge in [-0.25, -0.2) is 0 Å². The summed E-state index contributed by atoms with van der Waals surface area (Å²) in [6.07, 6.45) is 4.78.